The zero-order valence-corrected chi connectivity index (χ0v) is 39.9. The van der Waals surface area contributed by atoms with Gasteiger partial charge in [-0.25, -0.2) is 19.1 Å². The minimum atomic E-state index is -0.931. The molecule has 13 heteroatoms. The molecule has 6 nitrogen and oxygen atoms in total. The third kappa shape index (κ3) is 11.9. The molecule has 2 aliphatic carbocycles. The van der Waals surface area contributed by atoms with Gasteiger partial charge < -0.3 is 34.6 Å². The summed E-state index contributed by atoms with van der Waals surface area (Å²) >= 11 is 2.75. The van der Waals surface area contributed by atoms with Gasteiger partial charge in [-0.15, -0.1) is 22.7 Å². The van der Waals surface area contributed by atoms with Gasteiger partial charge in [0, 0.05) is 61.8 Å². The number of hydrogen-bond donors (Lipinski definition) is 0. The summed E-state index contributed by atoms with van der Waals surface area (Å²) in [5.74, 6) is 0. The third-order valence-electron chi connectivity index (χ3n) is 9.21. The minimum absolute atomic E-state index is 0. The standard InChI is InChI=1S/2C20H26N3S.4ClH.Zn/c2*1-5-22(6-2)15-9-11-17-19(13-15)24-20-14-16(23(7-3)8-4)10-12-18(20)21-17;;;;;/h2*9-14H,5-8H2,1-4H3;4*1H;/q2*+1;;;;;+2/p-4. The predicted octanol–water partition coefficient (Wildman–Crippen LogP) is 3.50. The molecule has 0 fully saturated rings. The molecular formula is C40H52Cl4N6S2Zn. The summed E-state index contributed by atoms with van der Waals surface area (Å²) in [6, 6.07) is 26.5. The van der Waals surface area contributed by atoms with E-state index >= 15 is 0 Å². The van der Waals surface area contributed by atoms with E-state index in [2.05, 4.69) is 147 Å². The zero-order chi connectivity index (χ0) is 36.9. The molecule has 2 aromatic rings. The van der Waals surface area contributed by atoms with E-state index in [0.717, 1.165) is 74.8 Å². The molecule has 0 aromatic heterocycles. The van der Waals surface area contributed by atoms with Crippen molar-refractivity contribution in [3.05, 3.63) is 83.5 Å². The van der Waals surface area contributed by atoms with Gasteiger partial charge in [0.05, 0.1) is 41.6 Å². The summed E-state index contributed by atoms with van der Waals surface area (Å²) in [6.45, 7) is 25.8. The van der Waals surface area contributed by atoms with Crippen LogP contribution in [0.5, 0.6) is 0 Å². The van der Waals surface area contributed by atoms with E-state index in [1.54, 1.807) is 0 Å². The molecule has 0 radical (unpaired) electrons. The van der Waals surface area contributed by atoms with Crippen LogP contribution in [0.25, 0.3) is 41.6 Å². The molecule has 0 bridgehead atoms. The molecular weight excluding hydrogens is 836 g/mol. The monoisotopic (exact) mass is 884 g/mol. The van der Waals surface area contributed by atoms with Gasteiger partial charge in [0.25, 0.3) is 0 Å². The van der Waals surface area contributed by atoms with Crippen molar-refractivity contribution in [3.63, 3.8) is 0 Å². The second-order valence-electron chi connectivity index (χ2n) is 11.8. The van der Waals surface area contributed by atoms with Gasteiger partial charge in [-0.1, -0.05) is 0 Å². The Morgan fingerprint density at radius 2 is 0.868 bits per heavy atom. The van der Waals surface area contributed by atoms with E-state index < -0.39 is 15.1 Å². The van der Waals surface area contributed by atoms with Gasteiger partial charge in [-0.05, 0) is 104 Å². The maximum absolute atomic E-state index is 4.95. The van der Waals surface area contributed by atoms with E-state index in [9.17, 15) is 0 Å². The average Bonchev–Trinajstić information content (AvgIpc) is 3.15. The number of hydrogen-bond acceptors (Lipinski definition) is 6. The Hall–Kier alpha value is -2.10. The fourth-order valence-electron chi connectivity index (χ4n) is 6.35. The molecule has 6 rings (SSSR count). The first kappa shape index (κ1) is 47.1. The molecule has 0 amide bonds. The quantitative estimate of drug-likeness (QED) is 0.120. The Kier molecular flexibility index (Phi) is 21.1. The van der Waals surface area contributed by atoms with Crippen LogP contribution in [0.1, 0.15) is 55.4 Å². The Labute approximate surface area is 352 Å². The predicted molar refractivity (Wildman–Crippen MR) is 224 cm³/mol. The average molecular weight is 888 g/mol. The number of benzene rings is 4. The molecule has 0 unspecified atom stereocenters. The van der Waals surface area contributed by atoms with E-state index in [1.165, 1.54) is 41.2 Å². The van der Waals surface area contributed by atoms with Crippen molar-refractivity contribution in [2.75, 3.05) is 62.2 Å². The first-order valence-corrected chi connectivity index (χ1v) is 27.7. The van der Waals surface area contributed by atoms with Crippen LogP contribution in [0, 0.1) is 0 Å². The summed E-state index contributed by atoms with van der Waals surface area (Å²) in [7, 11) is 9.90. The fraction of sp³-hybridized carbons (Fsp3) is 0.400. The number of aromatic nitrogens is 2. The van der Waals surface area contributed by atoms with Crippen LogP contribution >= 0.6 is 42.1 Å². The van der Waals surface area contributed by atoms with Crippen molar-refractivity contribution >= 4 is 73.9 Å². The summed E-state index contributed by atoms with van der Waals surface area (Å²) in [5.41, 5.74) is 6.89. The van der Waals surface area contributed by atoms with Crippen LogP contribution in [0.15, 0.2) is 72.8 Å². The number of anilines is 2. The fourth-order valence-corrected chi connectivity index (χ4v) is 8.41. The van der Waals surface area contributed by atoms with Crippen LogP contribution in [-0.4, -0.2) is 62.3 Å². The first-order valence-electron chi connectivity index (χ1n) is 18.3. The first-order chi connectivity index (χ1) is 24.8. The van der Waals surface area contributed by atoms with Crippen molar-refractivity contribution in [1.29, 1.82) is 0 Å². The van der Waals surface area contributed by atoms with Crippen molar-refractivity contribution in [3.8, 4) is 21.1 Å². The van der Waals surface area contributed by atoms with Gasteiger partial charge >= 0.3 is 34.5 Å². The molecule has 0 saturated carbocycles. The SMILES string of the molecule is CCN(CC)c1ccc2nc3ccc(=[N+](CC)CC)cc-3sc2c1.CCN(CC)c1ccc2nc3ccc(=[N+](CC)CC)cc-3sc2c1.[Cl-].[Cl-].[Cl][Zn][Cl]. The number of rotatable bonds is 10. The molecule has 2 aliphatic heterocycles. The second kappa shape index (κ2) is 23.7. The molecule has 2 aromatic carbocycles. The molecule has 0 atom stereocenters. The number of nitrogens with zero attached hydrogens (tertiary/aromatic N) is 6. The molecule has 4 aliphatic rings. The Morgan fingerprint density at radius 1 is 0.528 bits per heavy atom. The van der Waals surface area contributed by atoms with Crippen molar-refractivity contribution in [2.24, 2.45) is 0 Å². The normalized spacial score (nSPS) is 10.3. The van der Waals surface area contributed by atoms with E-state index in [-0.39, 0.29) is 24.8 Å². The molecule has 2 heterocycles. The van der Waals surface area contributed by atoms with Crippen LogP contribution in [0.2, 0.25) is 0 Å². The van der Waals surface area contributed by atoms with Crippen LogP contribution in [0.3, 0.4) is 0 Å². The van der Waals surface area contributed by atoms with E-state index in [4.69, 9.17) is 29.4 Å². The van der Waals surface area contributed by atoms with Crippen LogP contribution in [-0.2, 0) is 15.1 Å². The van der Waals surface area contributed by atoms with E-state index in [1.807, 2.05) is 22.7 Å². The van der Waals surface area contributed by atoms with Crippen molar-refractivity contribution < 1.29 is 40.0 Å². The van der Waals surface area contributed by atoms with Crippen molar-refractivity contribution in [1.82, 2.24) is 19.1 Å². The Balaban J connectivity index is 0.000000330. The second-order valence-corrected chi connectivity index (χ2v) is 18.6. The summed E-state index contributed by atoms with van der Waals surface area (Å²) in [5, 5.41) is 2.56. The zero-order valence-electron chi connectivity index (χ0n) is 32.3. The Bertz CT molecular complexity index is 1940. The van der Waals surface area contributed by atoms with Crippen LogP contribution < -0.4 is 54.5 Å². The van der Waals surface area contributed by atoms with E-state index in [0.29, 0.717) is 0 Å². The van der Waals surface area contributed by atoms with Crippen molar-refractivity contribution in [2.45, 2.75) is 55.4 Å². The third-order valence-corrected chi connectivity index (χ3v) is 11.4. The molecule has 0 N–H and O–H groups in total. The summed E-state index contributed by atoms with van der Waals surface area (Å²) in [6.07, 6.45) is 0. The Morgan fingerprint density at radius 3 is 1.17 bits per heavy atom. The topological polar surface area (TPSA) is 38.3 Å². The van der Waals surface area contributed by atoms with Crippen LogP contribution in [0.4, 0.5) is 11.4 Å². The van der Waals surface area contributed by atoms with Gasteiger partial charge in [-0.3, -0.25) is 0 Å². The molecule has 0 spiro atoms. The number of fused-ring (bicyclic) bond motifs is 4. The number of halogens is 4. The summed E-state index contributed by atoms with van der Waals surface area (Å²) < 4.78 is 7.26. The summed E-state index contributed by atoms with van der Waals surface area (Å²) in [4.78, 5) is 17.0. The van der Waals surface area contributed by atoms with Gasteiger partial charge in [0.1, 0.15) is 26.2 Å². The molecule has 53 heavy (non-hydrogen) atoms. The van der Waals surface area contributed by atoms with Gasteiger partial charge in [0.15, 0.2) is 0 Å². The molecule has 0 saturated heterocycles. The van der Waals surface area contributed by atoms with Gasteiger partial charge in [0.2, 0.25) is 10.7 Å². The molecule has 284 valence electrons. The van der Waals surface area contributed by atoms with Gasteiger partial charge in [-0.2, -0.15) is 0 Å². The maximum atomic E-state index is 4.95.